The number of fused-ring (bicyclic) bond motifs is 2. The molecule has 0 radical (unpaired) electrons. The Morgan fingerprint density at radius 2 is 1.53 bits per heavy atom. The van der Waals surface area contributed by atoms with Gasteiger partial charge >= 0.3 is 5.69 Å². The Morgan fingerprint density at radius 3 is 2.09 bits per heavy atom. The number of halogens is 2. The van der Waals surface area contributed by atoms with Crippen LogP contribution in [0.1, 0.15) is 0 Å². The Hall–Kier alpha value is -0.976. The fourth-order valence-electron chi connectivity index (χ4n) is 3.21. The quantitative estimate of drug-likeness (QED) is 0.214. The predicted molar refractivity (Wildman–Crippen MR) is 142 cm³/mol. The maximum atomic E-state index is 13.3. The SMILES string of the molecule is C[Si](C)(C)CCOCn1c(=O)n(COCC[Si](C)(C)C)c2nc3ccc(Br)c(Cl)c3cc21. The maximum absolute atomic E-state index is 13.3. The fourth-order valence-corrected chi connectivity index (χ4v) is 5.28. The average Bonchev–Trinajstić information content (AvgIpc) is 2.93. The second kappa shape index (κ2) is 10.1. The lowest BCUT2D eigenvalue weighted by molar-refractivity contribution is 0.0753. The highest BCUT2D eigenvalue weighted by Crippen LogP contribution is 2.32. The number of hydrogen-bond donors (Lipinski definition) is 0. The molecule has 10 heteroatoms. The number of benzene rings is 1. The molecule has 3 rings (SSSR count). The van der Waals surface area contributed by atoms with Crippen molar-refractivity contribution in [2.24, 2.45) is 0 Å². The van der Waals surface area contributed by atoms with Crippen molar-refractivity contribution < 1.29 is 9.47 Å². The summed E-state index contributed by atoms with van der Waals surface area (Å²) in [4.78, 5) is 18.1. The van der Waals surface area contributed by atoms with Crippen LogP contribution in [0.2, 0.25) is 56.4 Å². The summed E-state index contributed by atoms with van der Waals surface area (Å²) in [7, 11) is -2.43. The fraction of sp³-hybridized carbons (Fsp3) is 0.545. The Bertz CT molecular complexity index is 1170. The largest absolute Gasteiger partial charge is 0.361 e. The number of hydrogen-bond acceptors (Lipinski definition) is 4. The molecule has 0 saturated heterocycles. The zero-order chi connectivity index (χ0) is 23.7. The van der Waals surface area contributed by atoms with Gasteiger partial charge in [-0.05, 0) is 46.2 Å². The lowest BCUT2D eigenvalue weighted by Crippen LogP contribution is -2.28. The van der Waals surface area contributed by atoms with Crippen LogP contribution in [0.25, 0.3) is 22.1 Å². The van der Waals surface area contributed by atoms with Crippen molar-refractivity contribution >= 4 is 65.7 Å². The number of ether oxygens (including phenoxy) is 2. The summed E-state index contributed by atoms with van der Waals surface area (Å²) in [5.41, 5.74) is 1.84. The average molecular weight is 559 g/mol. The van der Waals surface area contributed by atoms with E-state index in [0.717, 1.165) is 27.5 Å². The molecule has 0 N–H and O–H groups in total. The van der Waals surface area contributed by atoms with Gasteiger partial charge in [-0.15, -0.1) is 0 Å². The molecule has 0 unspecified atom stereocenters. The van der Waals surface area contributed by atoms with Crippen molar-refractivity contribution in [1.82, 2.24) is 14.1 Å². The highest BCUT2D eigenvalue weighted by molar-refractivity contribution is 9.10. The Balaban J connectivity index is 1.97. The smallest absolute Gasteiger partial charge is 0.334 e. The molecular formula is C22H33BrClN3O3Si2. The summed E-state index contributed by atoms with van der Waals surface area (Å²) in [5, 5.41) is 1.37. The predicted octanol–water partition coefficient (Wildman–Crippen LogP) is 6.39. The number of imidazole rings is 1. The summed E-state index contributed by atoms with van der Waals surface area (Å²) in [6.45, 7) is 15.5. The van der Waals surface area contributed by atoms with E-state index in [2.05, 4.69) is 55.2 Å². The summed E-state index contributed by atoms with van der Waals surface area (Å²) in [6, 6.07) is 7.77. The number of pyridine rings is 1. The molecular weight excluding hydrogens is 526 g/mol. The molecule has 2 aromatic heterocycles. The topological polar surface area (TPSA) is 58.3 Å². The van der Waals surface area contributed by atoms with Crippen molar-refractivity contribution in [3.63, 3.8) is 0 Å². The summed E-state index contributed by atoms with van der Waals surface area (Å²) in [6.07, 6.45) is 0. The number of rotatable bonds is 10. The van der Waals surface area contributed by atoms with E-state index in [0.29, 0.717) is 29.4 Å². The van der Waals surface area contributed by atoms with Crippen LogP contribution in [-0.4, -0.2) is 43.5 Å². The van der Waals surface area contributed by atoms with Gasteiger partial charge in [0.2, 0.25) is 0 Å². The molecule has 2 heterocycles. The highest BCUT2D eigenvalue weighted by atomic mass is 79.9. The first kappa shape index (κ1) is 25.6. The molecule has 0 atom stereocenters. The molecule has 0 bridgehead atoms. The second-order valence-corrected chi connectivity index (χ2v) is 23.1. The molecule has 1 aromatic carbocycles. The van der Waals surface area contributed by atoms with E-state index in [4.69, 9.17) is 26.1 Å². The third-order valence-electron chi connectivity index (χ3n) is 5.29. The molecule has 0 aliphatic rings. The zero-order valence-electron chi connectivity index (χ0n) is 19.8. The van der Waals surface area contributed by atoms with Gasteiger partial charge in [0.15, 0.2) is 5.65 Å². The van der Waals surface area contributed by atoms with Crippen LogP contribution in [0.15, 0.2) is 27.5 Å². The highest BCUT2D eigenvalue weighted by Gasteiger charge is 2.19. The van der Waals surface area contributed by atoms with Crippen LogP contribution >= 0.6 is 27.5 Å². The summed E-state index contributed by atoms with van der Waals surface area (Å²) >= 11 is 9.99. The lowest BCUT2D eigenvalue weighted by atomic mass is 10.2. The minimum atomic E-state index is -1.21. The van der Waals surface area contributed by atoms with Crippen LogP contribution in [0, 0.1) is 0 Å². The Labute approximate surface area is 205 Å². The number of aromatic nitrogens is 3. The molecule has 3 aromatic rings. The second-order valence-electron chi connectivity index (χ2n) is 10.6. The first-order valence-electron chi connectivity index (χ1n) is 10.9. The van der Waals surface area contributed by atoms with E-state index in [1.165, 1.54) is 0 Å². The van der Waals surface area contributed by atoms with Gasteiger partial charge < -0.3 is 9.47 Å². The van der Waals surface area contributed by atoms with Gasteiger partial charge in [0.1, 0.15) is 13.5 Å². The van der Waals surface area contributed by atoms with E-state index in [9.17, 15) is 4.79 Å². The van der Waals surface area contributed by atoms with Gasteiger partial charge in [0.05, 0.1) is 16.1 Å². The van der Waals surface area contributed by atoms with Crippen molar-refractivity contribution in [1.29, 1.82) is 0 Å². The van der Waals surface area contributed by atoms with Crippen molar-refractivity contribution in [2.45, 2.75) is 64.8 Å². The molecule has 0 aliphatic heterocycles. The van der Waals surface area contributed by atoms with E-state index in [1.807, 2.05) is 18.2 Å². The van der Waals surface area contributed by atoms with E-state index in [1.54, 1.807) is 9.13 Å². The van der Waals surface area contributed by atoms with Gasteiger partial charge in [0, 0.05) is 39.2 Å². The molecule has 0 spiro atoms. The van der Waals surface area contributed by atoms with Gasteiger partial charge in [-0.1, -0.05) is 50.9 Å². The molecule has 176 valence electrons. The molecule has 0 fully saturated rings. The molecule has 0 aliphatic carbocycles. The summed E-state index contributed by atoms with van der Waals surface area (Å²) < 4.78 is 15.8. The third-order valence-corrected chi connectivity index (χ3v) is 9.99. The molecule has 0 amide bonds. The van der Waals surface area contributed by atoms with E-state index >= 15 is 0 Å². The van der Waals surface area contributed by atoms with Crippen LogP contribution < -0.4 is 5.69 Å². The van der Waals surface area contributed by atoms with Gasteiger partial charge in [0.25, 0.3) is 0 Å². The monoisotopic (exact) mass is 557 g/mol. The van der Waals surface area contributed by atoms with Crippen LogP contribution in [0.4, 0.5) is 0 Å². The van der Waals surface area contributed by atoms with Crippen molar-refractivity contribution in [3.05, 3.63) is 38.2 Å². The van der Waals surface area contributed by atoms with Gasteiger partial charge in [-0.3, -0.25) is 9.13 Å². The normalized spacial score (nSPS) is 12.9. The lowest BCUT2D eigenvalue weighted by Gasteiger charge is -2.15. The zero-order valence-corrected chi connectivity index (χ0v) is 24.1. The van der Waals surface area contributed by atoms with Crippen LogP contribution in [-0.2, 0) is 22.9 Å². The van der Waals surface area contributed by atoms with Crippen molar-refractivity contribution in [2.75, 3.05) is 13.2 Å². The standard InChI is InChI=1S/C22H33BrClN3O3Si2/c1-31(2,3)11-9-29-14-26-19-13-16-18(8-7-17(23)20(16)24)25-21(19)27(22(26)28)15-30-10-12-32(4,5)6/h7-8,13H,9-12,14-15H2,1-6H3. The van der Waals surface area contributed by atoms with Crippen LogP contribution in [0.3, 0.4) is 0 Å². The third kappa shape index (κ3) is 6.33. The Morgan fingerprint density at radius 1 is 0.969 bits per heavy atom. The molecule has 0 saturated carbocycles. The minimum absolute atomic E-state index is 0.171. The maximum Gasteiger partial charge on any atom is 0.334 e. The molecule has 6 nitrogen and oxygen atoms in total. The Kier molecular flexibility index (Phi) is 8.10. The number of nitrogens with zero attached hydrogens (tertiary/aromatic N) is 3. The van der Waals surface area contributed by atoms with E-state index in [-0.39, 0.29) is 19.2 Å². The molecule has 32 heavy (non-hydrogen) atoms. The van der Waals surface area contributed by atoms with E-state index < -0.39 is 16.1 Å². The van der Waals surface area contributed by atoms with Crippen LogP contribution in [0.5, 0.6) is 0 Å². The van der Waals surface area contributed by atoms with Gasteiger partial charge in [-0.25, -0.2) is 9.78 Å². The summed E-state index contributed by atoms with van der Waals surface area (Å²) in [5.74, 6) is 0. The minimum Gasteiger partial charge on any atom is -0.361 e. The first-order chi connectivity index (χ1) is 14.9. The first-order valence-corrected chi connectivity index (χ1v) is 19.5. The van der Waals surface area contributed by atoms with Gasteiger partial charge in [-0.2, -0.15) is 0 Å². The van der Waals surface area contributed by atoms with Crippen molar-refractivity contribution in [3.8, 4) is 0 Å².